The third-order valence-electron chi connectivity index (χ3n) is 6.95. The van der Waals surface area contributed by atoms with E-state index in [1.165, 1.54) is 12.1 Å². The third-order valence-corrected chi connectivity index (χ3v) is 6.95. The van der Waals surface area contributed by atoms with Crippen LogP contribution in [0.5, 0.6) is 0 Å². The molecular weight excluding hydrogens is 409 g/mol. The molecule has 7 heteroatoms. The molecule has 1 aromatic heterocycles. The summed E-state index contributed by atoms with van der Waals surface area (Å²) in [5, 5.41) is 14.4. The Hall–Kier alpha value is -2.38. The van der Waals surface area contributed by atoms with Crippen LogP contribution in [0.15, 0.2) is 29.1 Å². The number of rotatable bonds is 7. The molecule has 2 aromatic rings. The molecule has 4 rings (SSSR count). The zero-order chi connectivity index (χ0) is 22.7. The van der Waals surface area contributed by atoms with Gasteiger partial charge in [-0.2, -0.15) is 5.10 Å². The minimum Gasteiger partial charge on any atom is -0.396 e. The van der Waals surface area contributed by atoms with E-state index in [4.69, 9.17) is 0 Å². The number of Topliss-reactive ketones (excluding diaryl/α,β-unsaturated/α-hetero) is 1. The Bertz CT molecular complexity index is 1010. The lowest BCUT2D eigenvalue weighted by atomic mass is 9.88. The van der Waals surface area contributed by atoms with Gasteiger partial charge in [0.2, 0.25) is 0 Å². The molecule has 2 aliphatic rings. The number of hydrogen-bond donors (Lipinski definition) is 1. The molecule has 0 bridgehead atoms. The summed E-state index contributed by atoms with van der Waals surface area (Å²) in [5.41, 5.74) is 3.29. The van der Waals surface area contributed by atoms with E-state index in [2.05, 4.69) is 10.00 Å². The molecule has 1 N–H and O–H groups in total. The number of hydrogen-bond acceptors (Lipinski definition) is 5. The first kappa shape index (κ1) is 22.8. The van der Waals surface area contributed by atoms with Gasteiger partial charge in [0.25, 0.3) is 5.56 Å². The van der Waals surface area contributed by atoms with Crippen molar-refractivity contribution in [1.82, 2.24) is 14.7 Å². The molecule has 1 unspecified atom stereocenters. The van der Waals surface area contributed by atoms with Gasteiger partial charge in [-0.1, -0.05) is 6.92 Å². The van der Waals surface area contributed by atoms with E-state index >= 15 is 0 Å². The van der Waals surface area contributed by atoms with Crippen LogP contribution in [0.4, 0.5) is 4.39 Å². The van der Waals surface area contributed by atoms with Crippen LogP contribution in [0.2, 0.25) is 0 Å². The first-order chi connectivity index (χ1) is 15.5. The Balaban J connectivity index is 1.39. The first-order valence-electron chi connectivity index (χ1n) is 11.7. The number of likely N-dealkylation sites (tertiary alicyclic amines) is 1. The summed E-state index contributed by atoms with van der Waals surface area (Å²) in [5.74, 6) is -0.478. The molecule has 6 nitrogen and oxygen atoms in total. The van der Waals surface area contributed by atoms with Crippen molar-refractivity contribution >= 4 is 5.78 Å². The van der Waals surface area contributed by atoms with Crippen molar-refractivity contribution < 1.29 is 14.3 Å². The molecule has 0 amide bonds. The lowest BCUT2D eigenvalue weighted by Crippen LogP contribution is -2.40. The fourth-order valence-electron chi connectivity index (χ4n) is 5.00. The average Bonchev–Trinajstić information content (AvgIpc) is 2.82. The summed E-state index contributed by atoms with van der Waals surface area (Å²) in [7, 11) is 0. The van der Waals surface area contributed by atoms with Crippen molar-refractivity contribution in [2.75, 3.05) is 26.2 Å². The monoisotopic (exact) mass is 441 g/mol. The van der Waals surface area contributed by atoms with Crippen molar-refractivity contribution in [2.45, 2.75) is 57.9 Å². The van der Waals surface area contributed by atoms with E-state index in [1.807, 2.05) is 6.92 Å². The van der Waals surface area contributed by atoms with Gasteiger partial charge in [0.1, 0.15) is 5.82 Å². The zero-order valence-electron chi connectivity index (χ0n) is 18.7. The standard InChI is InChI=1S/C25H32FN3O3/c1-17(16-30)23-21-4-2-3-5-22(21)27-29(25(23)32)15-14-28-12-10-19(11-13-28)24(31)18-6-8-20(26)9-7-18/h6-9,17,19,30H,2-5,10-16H2,1H3. The van der Waals surface area contributed by atoms with Crippen LogP contribution in [-0.4, -0.2) is 51.8 Å². The number of aliphatic hydroxyl groups is 1. The van der Waals surface area contributed by atoms with Gasteiger partial charge in [0.15, 0.2) is 5.78 Å². The van der Waals surface area contributed by atoms with Gasteiger partial charge in [0, 0.05) is 36.1 Å². The largest absolute Gasteiger partial charge is 0.396 e. The molecule has 1 aliphatic heterocycles. The molecule has 0 spiro atoms. The molecule has 1 saturated heterocycles. The molecule has 2 heterocycles. The van der Waals surface area contributed by atoms with E-state index < -0.39 is 0 Å². The van der Waals surface area contributed by atoms with Crippen molar-refractivity contribution in [3.8, 4) is 0 Å². The number of aliphatic hydroxyl groups excluding tert-OH is 1. The maximum absolute atomic E-state index is 13.1. The Labute approximate surface area is 188 Å². The Morgan fingerprint density at radius 3 is 2.53 bits per heavy atom. The zero-order valence-corrected chi connectivity index (χ0v) is 18.7. The lowest BCUT2D eigenvalue weighted by Gasteiger charge is -2.31. The van der Waals surface area contributed by atoms with Crippen molar-refractivity contribution in [2.24, 2.45) is 5.92 Å². The summed E-state index contributed by atoms with van der Waals surface area (Å²) in [6, 6.07) is 5.78. The van der Waals surface area contributed by atoms with Crippen LogP contribution >= 0.6 is 0 Å². The maximum Gasteiger partial charge on any atom is 0.270 e. The first-order valence-corrected chi connectivity index (χ1v) is 11.7. The molecule has 0 radical (unpaired) electrons. The second-order valence-corrected chi connectivity index (χ2v) is 9.15. The summed E-state index contributed by atoms with van der Waals surface area (Å²) in [6.07, 6.45) is 5.42. The van der Waals surface area contributed by atoms with Crippen LogP contribution < -0.4 is 5.56 Å². The van der Waals surface area contributed by atoms with Gasteiger partial charge in [-0.3, -0.25) is 9.59 Å². The van der Waals surface area contributed by atoms with Crippen molar-refractivity contribution in [3.63, 3.8) is 0 Å². The summed E-state index contributed by atoms with van der Waals surface area (Å²) in [6.45, 7) is 4.65. The summed E-state index contributed by atoms with van der Waals surface area (Å²) in [4.78, 5) is 28.1. The molecule has 32 heavy (non-hydrogen) atoms. The van der Waals surface area contributed by atoms with Crippen LogP contribution in [0.1, 0.15) is 65.7 Å². The topological polar surface area (TPSA) is 75.4 Å². The smallest absolute Gasteiger partial charge is 0.270 e. The fraction of sp³-hybridized carbons (Fsp3) is 0.560. The van der Waals surface area contributed by atoms with Gasteiger partial charge in [0.05, 0.1) is 12.2 Å². The van der Waals surface area contributed by atoms with Crippen molar-refractivity contribution in [3.05, 3.63) is 62.8 Å². The van der Waals surface area contributed by atoms with Gasteiger partial charge in [-0.25, -0.2) is 9.07 Å². The summed E-state index contributed by atoms with van der Waals surface area (Å²) < 4.78 is 14.7. The van der Waals surface area contributed by atoms with Gasteiger partial charge in [-0.05, 0) is 81.4 Å². The van der Waals surface area contributed by atoms with E-state index in [0.29, 0.717) is 18.7 Å². The highest BCUT2D eigenvalue weighted by atomic mass is 19.1. The number of ketones is 1. The molecular formula is C25H32FN3O3. The normalized spacial score (nSPS) is 18.3. The molecule has 172 valence electrons. The lowest BCUT2D eigenvalue weighted by molar-refractivity contribution is 0.0836. The van der Waals surface area contributed by atoms with Crippen molar-refractivity contribution in [1.29, 1.82) is 0 Å². The van der Waals surface area contributed by atoms with Crippen LogP contribution in [0.3, 0.4) is 0 Å². The highest BCUT2D eigenvalue weighted by molar-refractivity contribution is 5.97. The number of carbonyl (C=O) groups is 1. The average molecular weight is 442 g/mol. The number of aromatic nitrogens is 2. The predicted octanol–water partition coefficient (Wildman–Crippen LogP) is 2.95. The number of fused-ring (bicyclic) bond motifs is 1. The Morgan fingerprint density at radius 2 is 1.84 bits per heavy atom. The number of piperidine rings is 1. The number of aryl methyl sites for hydroxylation is 1. The number of carbonyl (C=O) groups excluding carboxylic acids is 1. The third kappa shape index (κ3) is 4.84. The van der Waals surface area contributed by atoms with Gasteiger partial charge in [-0.15, -0.1) is 0 Å². The van der Waals surface area contributed by atoms with E-state index in [1.54, 1.807) is 16.8 Å². The Kier molecular flexibility index (Phi) is 7.16. The molecule has 1 aliphatic carbocycles. The van der Waals surface area contributed by atoms with E-state index in [0.717, 1.165) is 68.4 Å². The van der Waals surface area contributed by atoms with Crippen LogP contribution in [0, 0.1) is 11.7 Å². The minimum absolute atomic E-state index is 0.0404. The van der Waals surface area contributed by atoms with E-state index in [9.17, 15) is 19.1 Å². The van der Waals surface area contributed by atoms with Crippen LogP contribution in [0.25, 0.3) is 0 Å². The predicted molar refractivity (Wildman–Crippen MR) is 121 cm³/mol. The molecule has 1 aromatic carbocycles. The van der Waals surface area contributed by atoms with E-state index in [-0.39, 0.29) is 35.6 Å². The van der Waals surface area contributed by atoms with Crippen LogP contribution in [-0.2, 0) is 19.4 Å². The fourth-order valence-corrected chi connectivity index (χ4v) is 5.00. The second kappa shape index (κ2) is 10.0. The number of halogens is 1. The molecule has 1 fully saturated rings. The number of benzene rings is 1. The highest BCUT2D eigenvalue weighted by Crippen LogP contribution is 2.26. The van der Waals surface area contributed by atoms with Gasteiger partial charge < -0.3 is 10.0 Å². The quantitative estimate of drug-likeness (QED) is 0.669. The SMILES string of the molecule is CC(CO)c1c2c(nn(CCN3CCC(C(=O)c4ccc(F)cc4)CC3)c1=O)CCCC2. The highest BCUT2D eigenvalue weighted by Gasteiger charge is 2.27. The van der Waals surface area contributed by atoms with Gasteiger partial charge >= 0.3 is 0 Å². The maximum atomic E-state index is 13.1. The molecule has 0 saturated carbocycles. The minimum atomic E-state index is -0.334. The number of nitrogens with zero attached hydrogens (tertiary/aromatic N) is 3. The second-order valence-electron chi connectivity index (χ2n) is 9.15. The summed E-state index contributed by atoms with van der Waals surface area (Å²) >= 11 is 0. The Morgan fingerprint density at radius 1 is 1.16 bits per heavy atom. The molecule has 1 atom stereocenters.